The Labute approximate surface area is 170 Å². The molecule has 0 bridgehead atoms. The number of amides is 2. The topological polar surface area (TPSA) is 62.2 Å². The number of likely N-dealkylation sites (N-methyl/N-ethyl adjacent to an activating group) is 1. The van der Waals surface area contributed by atoms with Crippen molar-refractivity contribution in [1.82, 2.24) is 9.91 Å². The van der Waals surface area contributed by atoms with Gasteiger partial charge in [0.15, 0.2) is 0 Å². The third kappa shape index (κ3) is 4.16. The van der Waals surface area contributed by atoms with E-state index in [1.807, 2.05) is 54.6 Å². The zero-order valence-corrected chi connectivity index (χ0v) is 16.7. The number of carbonyl (C=O) groups is 2. The van der Waals surface area contributed by atoms with Crippen LogP contribution in [0.3, 0.4) is 0 Å². The summed E-state index contributed by atoms with van der Waals surface area (Å²) in [5.74, 6) is 0.715. The maximum atomic E-state index is 13.1. The highest BCUT2D eigenvalue weighted by molar-refractivity contribution is 6.03. The van der Waals surface area contributed by atoms with Crippen LogP contribution in [0, 0.1) is 5.92 Å². The van der Waals surface area contributed by atoms with Crippen molar-refractivity contribution in [3.05, 3.63) is 65.7 Å². The number of carbonyl (C=O) groups excluding carboxylic acids is 2. The van der Waals surface area contributed by atoms with Gasteiger partial charge in [0.25, 0.3) is 5.91 Å². The van der Waals surface area contributed by atoms with Crippen LogP contribution in [-0.2, 0) is 9.59 Å². The monoisotopic (exact) mass is 391 g/mol. The molecule has 1 atom stereocenters. The average Bonchev–Trinajstić information content (AvgIpc) is 3.51. The Morgan fingerprint density at radius 1 is 1.14 bits per heavy atom. The molecule has 2 aliphatic rings. The number of rotatable bonds is 6. The van der Waals surface area contributed by atoms with E-state index in [-0.39, 0.29) is 30.3 Å². The Kier molecular flexibility index (Phi) is 5.34. The quantitative estimate of drug-likeness (QED) is 0.759. The molecule has 2 aromatic carbocycles. The summed E-state index contributed by atoms with van der Waals surface area (Å²) in [6.45, 7) is 0.0353. The van der Waals surface area contributed by atoms with Crippen LogP contribution in [0.15, 0.2) is 59.7 Å². The lowest BCUT2D eigenvalue weighted by Gasteiger charge is -2.25. The van der Waals surface area contributed by atoms with Crippen molar-refractivity contribution in [3.8, 4) is 5.75 Å². The highest BCUT2D eigenvalue weighted by Gasteiger charge is 2.36. The van der Waals surface area contributed by atoms with Gasteiger partial charge in [0.2, 0.25) is 5.91 Å². The molecule has 1 fully saturated rings. The van der Waals surface area contributed by atoms with Gasteiger partial charge in [-0.2, -0.15) is 5.10 Å². The number of benzene rings is 2. The molecule has 150 valence electrons. The van der Waals surface area contributed by atoms with Crippen LogP contribution in [0.4, 0.5) is 0 Å². The van der Waals surface area contributed by atoms with Crippen molar-refractivity contribution in [3.63, 3.8) is 0 Å². The maximum Gasteiger partial charge on any atom is 0.262 e. The first-order valence-corrected chi connectivity index (χ1v) is 9.90. The van der Waals surface area contributed by atoms with Crippen LogP contribution < -0.4 is 4.74 Å². The largest absolute Gasteiger partial charge is 0.497 e. The van der Waals surface area contributed by atoms with E-state index >= 15 is 0 Å². The Bertz CT molecular complexity index is 937. The minimum Gasteiger partial charge on any atom is -0.497 e. The summed E-state index contributed by atoms with van der Waals surface area (Å²) < 4.78 is 5.33. The van der Waals surface area contributed by atoms with Gasteiger partial charge in [0.1, 0.15) is 12.3 Å². The fourth-order valence-electron chi connectivity index (χ4n) is 3.65. The zero-order valence-electron chi connectivity index (χ0n) is 16.7. The molecule has 1 heterocycles. The first-order chi connectivity index (χ1) is 14.1. The molecule has 1 aliphatic heterocycles. The summed E-state index contributed by atoms with van der Waals surface area (Å²) in [6, 6.07) is 17.4. The second kappa shape index (κ2) is 8.07. The first-order valence-electron chi connectivity index (χ1n) is 9.90. The summed E-state index contributed by atoms with van der Waals surface area (Å²) in [7, 11) is 3.32. The van der Waals surface area contributed by atoms with Crippen molar-refractivity contribution < 1.29 is 14.3 Å². The number of hydrogen-bond acceptors (Lipinski definition) is 4. The van der Waals surface area contributed by atoms with Crippen molar-refractivity contribution in [2.45, 2.75) is 25.3 Å². The third-order valence-corrected chi connectivity index (χ3v) is 5.43. The summed E-state index contributed by atoms with van der Waals surface area (Å²) >= 11 is 0. The molecule has 0 spiro atoms. The molecule has 0 N–H and O–H groups in total. The van der Waals surface area contributed by atoms with Crippen molar-refractivity contribution in [2.24, 2.45) is 11.0 Å². The second-order valence-corrected chi connectivity index (χ2v) is 7.62. The lowest BCUT2D eigenvalue weighted by molar-refractivity contribution is -0.141. The van der Waals surface area contributed by atoms with Crippen LogP contribution in [0.5, 0.6) is 5.75 Å². The predicted molar refractivity (Wildman–Crippen MR) is 111 cm³/mol. The van der Waals surface area contributed by atoms with Crippen molar-refractivity contribution >= 4 is 17.5 Å². The second-order valence-electron chi connectivity index (χ2n) is 7.62. The molecular weight excluding hydrogens is 366 g/mol. The molecule has 2 aromatic rings. The van der Waals surface area contributed by atoms with E-state index in [1.165, 1.54) is 4.90 Å². The van der Waals surface area contributed by atoms with Gasteiger partial charge >= 0.3 is 0 Å². The average molecular weight is 391 g/mol. The third-order valence-electron chi connectivity index (χ3n) is 5.43. The highest BCUT2D eigenvalue weighted by atomic mass is 16.5. The smallest absolute Gasteiger partial charge is 0.262 e. The summed E-state index contributed by atoms with van der Waals surface area (Å²) in [5, 5.41) is 6.21. The molecule has 2 amide bonds. The molecule has 29 heavy (non-hydrogen) atoms. The fraction of sp³-hybridized carbons (Fsp3) is 0.348. The number of hydrazone groups is 1. The Hall–Kier alpha value is -3.15. The molecule has 1 unspecified atom stereocenters. The van der Waals surface area contributed by atoms with Crippen LogP contribution >= 0.6 is 0 Å². The molecule has 4 rings (SSSR count). The van der Waals surface area contributed by atoms with Crippen molar-refractivity contribution in [2.75, 3.05) is 20.7 Å². The Morgan fingerprint density at radius 3 is 2.59 bits per heavy atom. The summed E-state index contributed by atoms with van der Waals surface area (Å²) in [6.07, 6.45) is 2.46. The summed E-state index contributed by atoms with van der Waals surface area (Å²) in [5.41, 5.74) is 2.80. The molecule has 6 heteroatoms. The molecule has 1 saturated carbocycles. The Morgan fingerprint density at radius 2 is 1.90 bits per heavy atom. The lowest BCUT2D eigenvalue weighted by Crippen LogP contribution is -2.39. The molecule has 1 aliphatic carbocycles. The van der Waals surface area contributed by atoms with E-state index in [0.29, 0.717) is 6.42 Å². The minimum absolute atomic E-state index is 0.0353. The summed E-state index contributed by atoms with van der Waals surface area (Å²) in [4.78, 5) is 26.9. The van der Waals surface area contributed by atoms with E-state index in [9.17, 15) is 9.59 Å². The molecule has 0 aromatic heterocycles. The molecular formula is C23H25N3O3. The van der Waals surface area contributed by atoms with Gasteiger partial charge < -0.3 is 9.64 Å². The Balaban J connectivity index is 1.59. The molecule has 0 radical (unpaired) electrons. The van der Waals surface area contributed by atoms with Crippen molar-refractivity contribution in [1.29, 1.82) is 0 Å². The van der Waals surface area contributed by atoms with E-state index in [0.717, 1.165) is 35.4 Å². The molecule has 0 saturated heterocycles. The van der Waals surface area contributed by atoms with E-state index < -0.39 is 0 Å². The van der Waals surface area contributed by atoms with Crippen LogP contribution in [0.1, 0.15) is 36.4 Å². The SMILES string of the molecule is COc1cccc(C2=NN(C(=O)CN(C)C(=O)C3CC3)C(c3ccccc3)C2)c1. The van der Waals surface area contributed by atoms with Gasteiger partial charge in [0.05, 0.1) is 18.9 Å². The maximum absolute atomic E-state index is 13.1. The first kappa shape index (κ1) is 19.2. The van der Waals surface area contributed by atoms with Gasteiger partial charge in [-0.25, -0.2) is 5.01 Å². The van der Waals surface area contributed by atoms with Crippen LogP contribution in [-0.4, -0.2) is 48.1 Å². The minimum atomic E-state index is -0.186. The lowest BCUT2D eigenvalue weighted by atomic mass is 9.98. The molecule has 6 nitrogen and oxygen atoms in total. The highest BCUT2D eigenvalue weighted by Crippen LogP contribution is 2.34. The van der Waals surface area contributed by atoms with Crippen LogP contribution in [0.2, 0.25) is 0 Å². The number of methoxy groups -OCH3 is 1. The number of ether oxygens (including phenoxy) is 1. The number of hydrogen-bond donors (Lipinski definition) is 0. The van der Waals surface area contributed by atoms with E-state index in [1.54, 1.807) is 19.2 Å². The van der Waals surface area contributed by atoms with Gasteiger partial charge in [0, 0.05) is 24.9 Å². The van der Waals surface area contributed by atoms with Gasteiger partial charge in [-0.3, -0.25) is 9.59 Å². The number of nitrogens with zero attached hydrogens (tertiary/aromatic N) is 3. The van der Waals surface area contributed by atoms with Gasteiger partial charge in [-0.05, 0) is 30.5 Å². The van der Waals surface area contributed by atoms with Gasteiger partial charge in [-0.1, -0.05) is 42.5 Å². The predicted octanol–water partition coefficient (Wildman–Crippen LogP) is 3.24. The van der Waals surface area contributed by atoms with E-state index in [4.69, 9.17) is 4.74 Å². The fourth-order valence-corrected chi connectivity index (χ4v) is 3.65. The standard InChI is InChI=1S/C23H25N3O3/c1-25(23(28)17-11-12-17)15-22(27)26-21(16-7-4-3-5-8-16)14-20(24-26)18-9-6-10-19(13-18)29-2/h3-10,13,17,21H,11-12,14-15H2,1-2H3. The van der Waals surface area contributed by atoms with Gasteiger partial charge in [-0.15, -0.1) is 0 Å². The zero-order chi connectivity index (χ0) is 20.4. The van der Waals surface area contributed by atoms with Crippen LogP contribution in [0.25, 0.3) is 0 Å². The van der Waals surface area contributed by atoms with E-state index in [2.05, 4.69) is 5.10 Å². The normalized spacial score (nSPS) is 18.3.